The fourth-order valence-electron chi connectivity index (χ4n) is 3.27. The first-order chi connectivity index (χ1) is 13.2. The molecule has 0 aromatic heterocycles. The number of hydrogen-bond donors (Lipinski definition) is 0. The molecule has 6 heteroatoms. The smallest absolute Gasteiger partial charge is 0.340 e. The first-order valence-corrected chi connectivity index (χ1v) is 9.09. The molecule has 0 N–H and O–H groups in total. The van der Waals surface area contributed by atoms with Crippen LogP contribution >= 0.6 is 0 Å². The molecule has 1 amide bonds. The Balaban J connectivity index is 1.71. The van der Waals surface area contributed by atoms with Gasteiger partial charge in [-0.2, -0.15) is 0 Å². The monoisotopic (exact) mass is 368 g/mol. The maximum Gasteiger partial charge on any atom is 0.340 e. The van der Waals surface area contributed by atoms with Gasteiger partial charge in [-0.1, -0.05) is 24.3 Å². The van der Waals surface area contributed by atoms with Gasteiger partial charge in [-0.05, 0) is 31.2 Å². The number of benzene rings is 2. The Hall–Kier alpha value is -3.02. The summed E-state index contributed by atoms with van der Waals surface area (Å²) in [5.41, 5.74) is 1.98. The third kappa shape index (κ3) is 4.05. The van der Waals surface area contributed by atoms with Crippen molar-refractivity contribution in [1.82, 2.24) is 4.90 Å². The van der Waals surface area contributed by atoms with Crippen molar-refractivity contribution in [1.29, 1.82) is 0 Å². The van der Waals surface area contributed by atoms with E-state index in [0.29, 0.717) is 49.7 Å². The lowest BCUT2D eigenvalue weighted by Gasteiger charge is -2.37. The summed E-state index contributed by atoms with van der Waals surface area (Å²) in [5, 5.41) is 0. The van der Waals surface area contributed by atoms with Crippen LogP contribution in [0.5, 0.6) is 5.75 Å². The van der Waals surface area contributed by atoms with Crippen LogP contribution in [0.3, 0.4) is 0 Å². The van der Waals surface area contributed by atoms with Crippen molar-refractivity contribution in [2.24, 2.45) is 0 Å². The summed E-state index contributed by atoms with van der Waals surface area (Å²) >= 11 is 0. The van der Waals surface area contributed by atoms with Crippen LogP contribution in [-0.4, -0.2) is 56.7 Å². The molecule has 0 atom stereocenters. The zero-order chi connectivity index (χ0) is 19.2. The molecule has 6 nitrogen and oxygen atoms in total. The van der Waals surface area contributed by atoms with E-state index in [0.717, 1.165) is 5.69 Å². The number of rotatable bonds is 5. The quantitative estimate of drug-likeness (QED) is 0.760. The van der Waals surface area contributed by atoms with Crippen molar-refractivity contribution in [2.75, 3.05) is 44.8 Å². The molecule has 0 aliphatic carbocycles. The van der Waals surface area contributed by atoms with Crippen molar-refractivity contribution in [2.45, 2.75) is 6.92 Å². The standard InChI is InChI=1S/C21H24N2O4/c1-3-27-21(25)16-8-4-6-10-18(16)22-12-14-23(15-13-22)20(24)17-9-5-7-11-19(17)26-2/h4-11H,3,12-15H2,1-2H3. The molecule has 0 bridgehead atoms. The lowest BCUT2D eigenvalue weighted by atomic mass is 10.1. The van der Waals surface area contributed by atoms with Gasteiger partial charge in [-0.15, -0.1) is 0 Å². The number of hydrogen-bond acceptors (Lipinski definition) is 5. The van der Waals surface area contributed by atoms with Gasteiger partial charge in [0.1, 0.15) is 5.75 Å². The molecule has 1 heterocycles. The largest absolute Gasteiger partial charge is 0.496 e. The number of esters is 1. The van der Waals surface area contributed by atoms with Crippen LogP contribution in [0.2, 0.25) is 0 Å². The van der Waals surface area contributed by atoms with Gasteiger partial charge in [-0.3, -0.25) is 4.79 Å². The summed E-state index contributed by atoms with van der Waals surface area (Å²) in [5.74, 6) is 0.226. The van der Waals surface area contributed by atoms with Gasteiger partial charge in [0.2, 0.25) is 0 Å². The van der Waals surface area contributed by atoms with Crippen molar-refractivity contribution >= 4 is 17.6 Å². The summed E-state index contributed by atoms with van der Waals surface area (Å²) in [6.07, 6.45) is 0. The summed E-state index contributed by atoms with van der Waals surface area (Å²) < 4.78 is 10.5. The van der Waals surface area contributed by atoms with Gasteiger partial charge in [-0.25, -0.2) is 4.79 Å². The predicted molar refractivity (Wildman–Crippen MR) is 104 cm³/mol. The van der Waals surface area contributed by atoms with Gasteiger partial charge in [0.15, 0.2) is 0 Å². The number of para-hydroxylation sites is 2. The molecule has 1 aliphatic rings. The fourth-order valence-corrected chi connectivity index (χ4v) is 3.27. The molecule has 1 aliphatic heterocycles. The van der Waals surface area contributed by atoms with Gasteiger partial charge >= 0.3 is 5.97 Å². The van der Waals surface area contributed by atoms with E-state index in [1.807, 2.05) is 35.2 Å². The SMILES string of the molecule is CCOC(=O)c1ccccc1N1CCN(C(=O)c2ccccc2OC)CC1. The molecular formula is C21H24N2O4. The van der Waals surface area contributed by atoms with Gasteiger partial charge in [0, 0.05) is 26.2 Å². The lowest BCUT2D eigenvalue weighted by Crippen LogP contribution is -2.49. The average molecular weight is 368 g/mol. The topological polar surface area (TPSA) is 59.1 Å². The molecule has 2 aromatic carbocycles. The summed E-state index contributed by atoms with van der Waals surface area (Å²) in [6.45, 7) is 4.59. The molecule has 27 heavy (non-hydrogen) atoms. The minimum absolute atomic E-state index is 0.0363. The van der Waals surface area contributed by atoms with E-state index in [1.54, 1.807) is 32.2 Å². The Morgan fingerprint density at radius 2 is 1.56 bits per heavy atom. The fraction of sp³-hybridized carbons (Fsp3) is 0.333. The van der Waals surface area contributed by atoms with Crippen LogP contribution in [0.4, 0.5) is 5.69 Å². The Bertz CT molecular complexity index is 813. The van der Waals surface area contributed by atoms with E-state index in [2.05, 4.69) is 4.90 Å². The number of amides is 1. The first-order valence-electron chi connectivity index (χ1n) is 9.09. The number of piperazine rings is 1. The molecule has 0 saturated carbocycles. The molecule has 1 saturated heterocycles. The number of anilines is 1. The maximum absolute atomic E-state index is 12.8. The number of ether oxygens (including phenoxy) is 2. The highest BCUT2D eigenvalue weighted by Crippen LogP contribution is 2.24. The lowest BCUT2D eigenvalue weighted by molar-refractivity contribution is 0.0526. The first kappa shape index (κ1) is 18.8. The molecule has 3 rings (SSSR count). The molecular weight excluding hydrogens is 344 g/mol. The van der Waals surface area contributed by atoms with Crippen LogP contribution in [0.15, 0.2) is 48.5 Å². The summed E-state index contributed by atoms with van der Waals surface area (Å²) in [7, 11) is 1.57. The maximum atomic E-state index is 12.8. The second kappa shape index (κ2) is 8.58. The van der Waals surface area contributed by atoms with Crippen molar-refractivity contribution in [3.63, 3.8) is 0 Å². The number of carbonyl (C=O) groups excluding carboxylic acids is 2. The van der Waals surface area contributed by atoms with Gasteiger partial charge in [0.05, 0.1) is 30.5 Å². The molecule has 0 radical (unpaired) electrons. The van der Waals surface area contributed by atoms with E-state index in [-0.39, 0.29) is 11.9 Å². The third-order valence-electron chi connectivity index (χ3n) is 4.64. The van der Waals surface area contributed by atoms with Crippen LogP contribution < -0.4 is 9.64 Å². The zero-order valence-electron chi connectivity index (χ0n) is 15.7. The second-order valence-corrected chi connectivity index (χ2v) is 6.22. The number of carbonyl (C=O) groups is 2. The Kier molecular flexibility index (Phi) is 5.96. The van der Waals surface area contributed by atoms with E-state index in [1.165, 1.54) is 0 Å². The zero-order valence-corrected chi connectivity index (χ0v) is 15.7. The van der Waals surface area contributed by atoms with Crippen LogP contribution in [-0.2, 0) is 4.74 Å². The highest BCUT2D eigenvalue weighted by atomic mass is 16.5. The average Bonchev–Trinajstić information content (AvgIpc) is 2.73. The van der Waals surface area contributed by atoms with E-state index in [9.17, 15) is 9.59 Å². The molecule has 1 fully saturated rings. The third-order valence-corrected chi connectivity index (χ3v) is 4.64. The number of nitrogens with zero attached hydrogens (tertiary/aromatic N) is 2. The van der Waals surface area contributed by atoms with E-state index in [4.69, 9.17) is 9.47 Å². The van der Waals surface area contributed by atoms with E-state index < -0.39 is 0 Å². The van der Waals surface area contributed by atoms with Gasteiger partial charge < -0.3 is 19.3 Å². The van der Waals surface area contributed by atoms with Crippen molar-refractivity contribution < 1.29 is 19.1 Å². The van der Waals surface area contributed by atoms with Crippen LogP contribution in [0, 0.1) is 0 Å². The van der Waals surface area contributed by atoms with Crippen molar-refractivity contribution in [3.8, 4) is 5.75 Å². The summed E-state index contributed by atoms with van der Waals surface area (Å²) in [6, 6.07) is 14.7. The highest BCUT2D eigenvalue weighted by molar-refractivity contribution is 5.97. The minimum atomic E-state index is -0.319. The van der Waals surface area contributed by atoms with E-state index >= 15 is 0 Å². The Morgan fingerprint density at radius 1 is 0.926 bits per heavy atom. The Morgan fingerprint density at radius 3 is 2.22 bits per heavy atom. The van der Waals surface area contributed by atoms with Crippen LogP contribution in [0.1, 0.15) is 27.6 Å². The molecule has 0 spiro atoms. The van der Waals surface area contributed by atoms with Crippen LogP contribution in [0.25, 0.3) is 0 Å². The minimum Gasteiger partial charge on any atom is -0.496 e. The van der Waals surface area contributed by atoms with Gasteiger partial charge in [0.25, 0.3) is 5.91 Å². The van der Waals surface area contributed by atoms with Crippen molar-refractivity contribution in [3.05, 3.63) is 59.7 Å². The molecule has 142 valence electrons. The second-order valence-electron chi connectivity index (χ2n) is 6.22. The predicted octanol–water partition coefficient (Wildman–Crippen LogP) is 2.83. The normalized spacial score (nSPS) is 14.0. The highest BCUT2D eigenvalue weighted by Gasteiger charge is 2.26. The molecule has 2 aromatic rings. The summed E-state index contributed by atoms with van der Waals surface area (Å²) in [4.78, 5) is 29.0. The number of methoxy groups -OCH3 is 1. The Labute approximate surface area is 159 Å². The molecule has 0 unspecified atom stereocenters.